The minimum absolute atomic E-state index is 0.0111. The molecule has 3 atom stereocenters. The first kappa shape index (κ1) is 12.2. The monoisotopic (exact) mass is 234 g/mol. The Bertz CT molecular complexity index is 405. The molecule has 2 aliphatic rings. The Morgan fingerprint density at radius 3 is 2.41 bits per heavy atom. The highest BCUT2D eigenvalue weighted by atomic mass is 16.6. The summed E-state index contributed by atoms with van der Waals surface area (Å²) in [6.45, 7) is 6.21. The zero-order chi connectivity index (χ0) is 12.6. The number of fused-ring (bicyclic) bond motifs is 1. The van der Waals surface area contributed by atoms with E-state index in [-0.39, 0.29) is 35.1 Å². The highest BCUT2D eigenvalue weighted by Crippen LogP contribution is 2.39. The van der Waals surface area contributed by atoms with Gasteiger partial charge in [-0.1, -0.05) is 11.8 Å². The van der Waals surface area contributed by atoms with Crippen LogP contribution in [-0.2, 0) is 14.3 Å². The first-order valence-electron chi connectivity index (χ1n) is 6.15. The van der Waals surface area contributed by atoms with Gasteiger partial charge in [0.1, 0.15) is 0 Å². The number of esters is 2. The number of carbonyl (C=O) groups is 2. The van der Waals surface area contributed by atoms with Gasteiger partial charge in [0.05, 0.1) is 11.8 Å². The fourth-order valence-corrected chi connectivity index (χ4v) is 2.41. The van der Waals surface area contributed by atoms with Crippen LogP contribution >= 0.6 is 0 Å². The van der Waals surface area contributed by atoms with Gasteiger partial charge in [0.25, 0.3) is 0 Å². The Morgan fingerprint density at radius 2 is 1.76 bits per heavy atom. The maximum atomic E-state index is 11.5. The first-order valence-corrected chi connectivity index (χ1v) is 6.15. The lowest BCUT2D eigenvalue weighted by atomic mass is 9.75. The maximum absolute atomic E-state index is 11.5. The van der Waals surface area contributed by atoms with Gasteiger partial charge in [-0.2, -0.15) is 0 Å². The number of cyclic esters (lactones) is 2. The Labute approximate surface area is 102 Å². The van der Waals surface area contributed by atoms with Crippen molar-refractivity contribution in [3.05, 3.63) is 0 Å². The Morgan fingerprint density at radius 1 is 1.12 bits per heavy atom. The molecule has 0 aromatic heterocycles. The molecule has 0 amide bonds. The molecule has 3 nitrogen and oxygen atoms in total. The third-order valence-electron chi connectivity index (χ3n) is 3.31. The molecule has 1 aliphatic heterocycles. The molecule has 1 saturated heterocycles. The molecule has 17 heavy (non-hydrogen) atoms. The Kier molecular flexibility index (Phi) is 2.99. The van der Waals surface area contributed by atoms with Crippen LogP contribution in [0, 0.1) is 35.0 Å². The summed E-state index contributed by atoms with van der Waals surface area (Å²) < 4.78 is 4.68. The molecule has 3 heteroatoms. The van der Waals surface area contributed by atoms with Crippen LogP contribution in [0.3, 0.4) is 0 Å². The van der Waals surface area contributed by atoms with Crippen LogP contribution < -0.4 is 0 Å². The quantitative estimate of drug-likeness (QED) is 0.366. The molecular formula is C14H18O3. The average Bonchev–Trinajstić information content (AvgIpc) is 2.51. The van der Waals surface area contributed by atoms with Crippen LogP contribution in [0.4, 0.5) is 0 Å². The van der Waals surface area contributed by atoms with Gasteiger partial charge in [-0.3, -0.25) is 9.59 Å². The fraction of sp³-hybridized carbons (Fsp3) is 0.714. The van der Waals surface area contributed by atoms with E-state index in [9.17, 15) is 9.59 Å². The third-order valence-corrected chi connectivity index (χ3v) is 3.31. The zero-order valence-electron chi connectivity index (χ0n) is 10.6. The summed E-state index contributed by atoms with van der Waals surface area (Å²) in [5.74, 6) is 5.57. The predicted octanol–water partition coefficient (Wildman–Crippen LogP) is 2.15. The molecule has 0 radical (unpaired) electrons. The lowest BCUT2D eigenvalue weighted by Gasteiger charge is -2.24. The molecule has 2 rings (SSSR count). The fourth-order valence-electron chi connectivity index (χ4n) is 2.41. The van der Waals surface area contributed by atoms with Crippen LogP contribution in [0.2, 0.25) is 0 Å². The van der Waals surface area contributed by atoms with Gasteiger partial charge in [-0.15, -0.1) is 0 Å². The van der Waals surface area contributed by atoms with E-state index in [2.05, 4.69) is 37.3 Å². The number of carbonyl (C=O) groups excluding carboxylic acids is 2. The van der Waals surface area contributed by atoms with E-state index in [4.69, 9.17) is 0 Å². The standard InChI is InChI=1S/C14H18O3/c1-14(2,3)7-6-9-4-5-10-11(8-9)13(16)17-12(10)15/h9-11H,4-5,8H2,1-3H3. The smallest absolute Gasteiger partial charge is 0.317 e. The lowest BCUT2D eigenvalue weighted by Crippen LogP contribution is -2.26. The lowest BCUT2D eigenvalue weighted by molar-refractivity contribution is -0.153. The van der Waals surface area contributed by atoms with Gasteiger partial charge >= 0.3 is 11.9 Å². The summed E-state index contributed by atoms with van der Waals surface area (Å²) in [6, 6.07) is 0. The highest BCUT2D eigenvalue weighted by Gasteiger charge is 2.47. The van der Waals surface area contributed by atoms with Gasteiger partial charge in [-0.05, 0) is 40.0 Å². The van der Waals surface area contributed by atoms with Crippen molar-refractivity contribution in [3.8, 4) is 11.8 Å². The van der Waals surface area contributed by atoms with Crippen LogP contribution in [0.15, 0.2) is 0 Å². The van der Waals surface area contributed by atoms with Crippen molar-refractivity contribution in [1.29, 1.82) is 0 Å². The maximum Gasteiger partial charge on any atom is 0.317 e. The van der Waals surface area contributed by atoms with Crippen molar-refractivity contribution >= 4 is 11.9 Å². The molecule has 0 N–H and O–H groups in total. The second-order valence-corrected chi connectivity index (χ2v) is 5.98. The van der Waals surface area contributed by atoms with Crippen LogP contribution in [0.1, 0.15) is 40.0 Å². The van der Waals surface area contributed by atoms with Gasteiger partial charge in [-0.25, -0.2) is 0 Å². The Hall–Kier alpha value is -1.30. The SMILES string of the molecule is CC(C)(C)C#CC1CCC2C(=O)OC(=O)C2C1. The average molecular weight is 234 g/mol. The van der Waals surface area contributed by atoms with Crippen molar-refractivity contribution in [2.45, 2.75) is 40.0 Å². The molecular weight excluding hydrogens is 216 g/mol. The summed E-state index contributed by atoms with van der Waals surface area (Å²) in [5, 5.41) is 0. The van der Waals surface area contributed by atoms with Gasteiger partial charge in [0.2, 0.25) is 0 Å². The second-order valence-electron chi connectivity index (χ2n) is 5.98. The molecule has 3 unspecified atom stereocenters. The van der Waals surface area contributed by atoms with Gasteiger partial charge in [0, 0.05) is 11.3 Å². The molecule has 0 spiro atoms. The van der Waals surface area contributed by atoms with Crippen molar-refractivity contribution in [2.75, 3.05) is 0 Å². The van der Waals surface area contributed by atoms with Crippen molar-refractivity contribution in [1.82, 2.24) is 0 Å². The molecule has 0 aromatic carbocycles. The Balaban J connectivity index is 2.05. The van der Waals surface area contributed by atoms with Crippen molar-refractivity contribution in [3.63, 3.8) is 0 Å². The second kappa shape index (κ2) is 4.18. The largest absolute Gasteiger partial charge is 0.393 e. The summed E-state index contributed by atoms with van der Waals surface area (Å²) in [5.41, 5.74) is -0.0111. The molecule has 1 heterocycles. The zero-order valence-corrected chi connectivity index (χ0v) is 10.6. The van der Waals surface area contributed by atoms with Crippen molar-refractivity contribution < 1.29 is 14.3 Å². The summed E-state index contributed by atoms with van der Waals surface area (Å²) in [4.78, 5) is 22.8. The molecule has 0 bridgehead atoms. The van der Waals surface area contributed by atoms with E-state index >= 15 is 0 Å². The summed E-state index contributed by atoms with van der Waals surface area (Å²) in [6.07, 6.45) is 2.31. The van der Waals surface area contributed by atoms with Crippen LogP contribution in [0.5, 0.6) is 0 Å². The van der Waals surface area contributed by atoms with Gasteiger partial charge in [0.15, 0.2) is 0 Å². The predicted molar refractivity (Wildman–Crippen MR) is 62.7 cm³/mol. The third kappa shape index (κ3) is 2.69. The number of hydrogen-bond donors (Lipinski definition) is 0. The van der Waals surface area contributed by atoms with Crippen LogP contribution in [-0.4, -0.2) is 11.9 Å². The molecule has 1 aliphatic carbocycles. The highest BCUT2D eigenvalue weighted by molar-refractivity contribution is 5.96. The minimum Gasteiger partial charge on any atom is -0.393 e. The van der Waals surface area contributed by atoms with Crippen LogP contribution in [0.25, 0.3) is 0 Å². The van der Waals surface area contributed by atoms with E-state index in [0.29, 0.717) is 6.42 Å². The van der Waals surface area contributed by atoms with Crippen molar-refractivity contribution in [2.24, 2.45) is 23.2 Å². The minimum atomic E-state index is -0.345. The van der Waals surface area contributed by atoms with E-state index in [1.54, 1.807) is 0 Å². The van der Waals surface area contributed by atoms with E-state index in [1.807, 2.05) is 0 Å². The summed E-state index contributed by atoms with van der Waals surface area (Å²) in [7, 11) is 0. The topological polar surface area (TPSA) is 43.4 Å². The first-order chi connectivity index (χ1) is 7.87. The van der Waals surface area contributed by atoms with E-state index in [1.165, 1.54) is 0 Å². The van der Waals surface area contributed by atoms with Gasteiger partial charge < -0.3 is 4.74 Å². The van der Waals surface area contributed by atoms with E-state index in [0.717, 1.165) is 12.8 Å². The molecule has 92 valence electrons. The molecule has 0 aromatic rings. The number of ether oxygens (including phenoxy) is 1. The molecule has 1 saturated carbocycles. The normalized spacial score (nSPS) is 32.5. The number of rotatable bonds is 0. The van der Waals surface area contributed by atoms with E-state index < -0.39 is 0 Å². The molecule has 2 fully saturated rings. The number of hydrogen-bond acceptors (Lipinski definition) is 3. The summed E-state index contributed by atoms with van der Waals surface area (Å²) >= 11 is 0.